The van der Waals surface area contributed by atoms with Crippen LogP contribution < -0.4 is 5.32 Å². The number of nitrogens with zero attached hydrogens (tertiary/aromatic N) is 4. The molecule has 172 valence electrons. The highest BCUT2D eigenvalue weighted by Crippen LogP contribution is 2.29. The molecule has 0 aliphatic carbocycles. The number of carbonyl (C=O) groups is 2. The number of urea groups is 1. The van der Waals surface area contributed by atoms with E-state index in [1.165, 1.54) is 4.90 Å². The zero-order valence-corrected chi connectivity index (χ0v) is 18.5. The summed E-state index contributed by atoms with van der Waals surface area (Å²) in [6.07, 6.45) is 0.436. The van der Waals surface area contributed by atoms with Crippen molar-refractivity contribution < 1.29 is 23.5 Å². The minimum atomic E-state index is -0.935. The lowest BCUT2D eigenvalue weighted by atomic mass is 10.0. The van der Waals surface area contributed by atoms with E-state index in [0.29, 0.717) is 49.8 Å². The number of benzene rings is 1. The van der Waals surface area contributed by atoms with Crippen molar-refractivity contribution in [3.8, 4) is 0 Å². The number of hydrogen-bond donors (Lipinski definition) is 2. The SMILES string of the molecule is CCC(O)[C@@H]1CN(C)C(=O)c2c3c(nn2C1)CCN(C(=O)Nc1cc(Cl)c(F)cc1F)C3. The molecule has 0 saturated carbocycles. The third-order valence-electron chi connectivity index (χ3n) is 6.07. The van der Waals surface area contributed by atoms with Gasteiger partial charge >= 0.3 is 6.03 Å². The fourth-order valence-corrected chi connectivity index (χ4v) is 4.42. The summed E-state index contributed by atoms with van der Waals surface area (Å²) in [5.41, 5.74) is 1.55. The molecule has 0 fully saturated rings. The first-order valence-electron chi connectivity index (χ1n) is 10.4. The molecular weight excluding hydrogens is 444 g/mol. The first-order chi connectivity index (χ1) is 15.2. The maximum absolute atomic E-state index is 14.0. The van der Waals surface area contributed by atoms with Crippen LogP contribution in [0.3, 0.4) is 0 Å². The Hall–Kier alpha value is -2.72. The number of nitrogens with one attached hydrogen (secondary N) is 1. The van der Waals surface area contributed by atoms with E-state index in [9.17, 15) is 23.5 Å². The molecule has 0 radical (unpaired) electrons. The summed E-state index contributed by atoms with van der Waals surface area (Å²) in [5, 5.41) is 17.1. The Kier molecular flexibility index (Phi) is 6.09. The third kappa shape index (κ3) is 4.04. The predicted octanol–water partition coefficient (Wildman–Crippen LogP) is 2.88. The smallest absolute Gasteiger partial charge is 0.322 e. The zero-order chi connectivity index (χ0) is 23.2. The van der Waals surface area contributed by atoms with E-state index in [-0.39, 0.29) is 29.1 Å². The van der Waals surface area contributed by atoms with E-state index >= 15 is 0 Å². The van der Waals surface area contributed by atoms with E-state index in [1.807, 2.05) is 6.92 Å². The molecule has 3 heterocycles. The van der Waals surface area contributed by atoms with Crippen LogP contribution in [0.5, 0.6) is 0 Å². The van der Waals surface area contributed by atoms with Gasteiger partial charge in [0.15, 0.2) is 0 Å². The second-order valence-corrected chi connectivity index (χ2v) is 8.63. The molecule has 4 rings (SSSR count). The van der Waals surface area contributed by atoms with Gasteiger partial charge in [-0.05, 0) is 12.5 Å². The number of aliphatic hydroxyl groups is 1. The minimum Gasteiger partial charge on any atom is -0.393 e. The van der Waals surface area contributed by atoms with Crippen molar-refractivity contribution in [3.63, 3.8) is 0 Å². The summed E-state index contributed by atoms with van der Waals surface area (Å²) in [6.45, 7) is 3.13. The van der Waals surface area contributed by atoms with Crippen LogP contribution in [0, 0.1) is 17.6 Å². The first kappa shape index (κ1) is 22.5. The van der Waals surface area contributed by atoms with Crippen molar-refractivity contribution >= 4 is 29.2 Å². The number of aromatic nitrogens is 2. The Balaban J connectivity index is 1.58. The minimum absolute atomic E-state index is 0.119. The van der Waals surface area contributed by atoms with Gasteiger partial charge in [0.1, 0.15) is 17.3 Å². The monoisotopic (exact) mass is 467 g/mol. The largest absolute Gasteiger partial charge is 0.393 e. The molecule has 2 aliphatic heterocycles. The summed E-state index contributed by atoms with van der Waals surface area (Å²) < 4.78 is 29.1. The molecule has 2 N–H and O–H groups in total. The van der Waals surface area contributed by atoms with Crippen LogP contribution in [-0.4, -0.2) is 62.9 Å². The number of carbonyl (C=O) groups excluding carboxylic acids is 2. The van der Waals surface area contributed by atoms with Gasteiger partial charge in [0.05, 0.1) is 29.1 Å². The van der Waals surface area contributed by atoms with E-state index in [1.54, 1.807) is 16.6 Å². The van der Waals surface area contributed by atoms with Crippen LogP contribution in [-0.2, 0) is 19.5 Å². The van der Waals surface area contributed by atoms with Crippen LogP contribution in [0.2, 0.25) is 5.02 Å². The molecule has 0 spiro atoms. The van der Waals surface area contributed by atoms with Crippen LogP contribution >= 0.6 is 11.6 Å². The van der Waals surface area contributed by atoms with Crippen molar-refractivity contribution in [1.82, 2.24) is 19.6 Å². The van der Waals surface area contributed by atoms with Crippen LogP contribution in [0.15, 0.2) is 12.1 Å². The highest BCUT2D eigenvalue weighted by atomic mass is 35.5. The Labute approximate surface area is 188 Å². The van der Waals surface area contributed by atoms with Crippen LogP contribution in [0.1, 0.15) is 35.1 Å². The van der Waals surface area contributed by atoms with Gasteiger partial charge in [0, 0.05) is 50.7 Å². The fraction of sp³-hybridized carbons (Fsp3) is 0.476. The maximum Gasteiger partial charge on any atom is 0.322 e. The molecule has 8 nitrogen and oxygen atoms in total. The number of anilines is 1. The lowest BCUT2D eigenvalue weighted by Crippen LogP contribution is -2.40. The van der Waals surface area contributed by atoms with Crippen molar-refractivity contribution in [2.45, 2.75) is 39.0 Å². The van der Waals surface area contributed by atoms with Gasteiger partial charge in [-0.2, -0.15) is 5.10 Å². The van der Waals surface area contributed by atoms with Gasteiger partial charge < -0.3 is 20.2 Å². The number of hydrogen-bond acceptors (Lipinski definition) is 4. The molecule has 0 saturated heterocycles. The third-order valence-corrected chi connectivity index (χ3v) is 6.36. The molecule has 1 aromatic heterocycles. The molecular formula is C21H24ClF2N5O3. The number of fused-ring (bicyclic) bond motifs is 3. The standard InChI is InChI=1S/C21H24ClF2N5O3/c1-3-18(30)11-8-27(2)20(31)19-12-10-28(5-4-16(12)26-29(19)9-11)21(32)25-17-6-13(22)14(23)7-15(17)24/h6-7,11,18,30H,3-5,8-10H2,1-2H3,(H,25,32)/t11-,18?/m1/s1. The molecule has 2 aliphatic rings. The van der Waals surface area contributed by atoms with E-state index in [4.69, 9.17) is 11.6 Å². The predicted molar refractivity (Wildman–Crippen MR) is 113 cm³/mol. The number of rotatable bonds is 3. The van der Waals surface area contributed by atoms with E-state index in [0.717, 1.165) is 11.8 Å². The van der Waals surface area contributed by atoms with Crippen LogP contribution in [0.25, 0.3) is 0 Å². The number of halogens is 3. The average Bonchev–Trinajstić information content (AvgIpc) is 3.06. The molecule has 2 atom stereocenters. The quantitative estimate of drug-likeness (QED) is 0.679. The summed E-state index contributed by atoms with van der Waals surface area (Å²) in [6, 6.07) is 1.04. The lowest BCUT2D eigenvalue weighted by molar-refractivity contribution is 0.0626. The topological polar surface area (TPSA) is 90.7 Å². The van der Waals surface area contributed by atoms with Gasteiger partial charge in [0.2, 0.25) is 0 Å². The molecule has 0 bridgehead atoms. The van der Waals surface area contributed by atoms with Gasteiger partial charge in [-0.3, -0.25) is 9.48 Å². The molecule has 1 aromatic carbocycles. The van der Waals surface area contributed by atoms with Crippen molar-refractivity contribution in [2.75, 3.05) is 25.5 Å². The zero-order valence-electron chi connectivity index (χ0n) is 17.7. The second-order valence-electron chi connectivity index (χ2n) is 8.23. The van der Waals surface area contributed by atoms with Crippen molar-refractivity contribution in [1.29, 1.82) is 0 Å². The normalized spacial score (nSPS) is 19.3. The summed E-state index contributed by atoms with van der Waals surface area (Å²) in [7, 11) is 1.68. The molecule has 2 aromatic rings. The van der Waals surface area contributed by atoms with Gasteiger partial charge in [0.25, 0.3) is 5.91 Å². The second kappa shape index (κ2) is 8.67. The molecule has 32 heavy (non-hydrogen) atoms. The van der Waals surface area contributed by atoms with Crippen molar-refractivity contribution in [2.24, 2.45) is 5.92 Å². The Morgan fingerprint density at radius 3 is 2.81 bits per heavy atom. The summed E-state index contributed by atoms with van der Waals surface area (Å²) in [5.74, 6) is -2.22. The molecule has 1 unspecified atom stereocenters. The van der Waals surface area contributed by atoms with Crippen molar-refractivity contribution in [3.05, 3.63) is 45.7 Å². The Morgan fingerprint density at radius 2 is 2.09 bits per heavy atom. The fourth-order valence-electron chi connectivity index (χ4n) is 4.26. The van der Waals surface area contributed by atoms with Gasteiger partial charge in [-0.25, -0.2) is 13.6 Å². The maximum atomic E-state index is 14.0. The molecule has 3 amide bonds. The van der Waals surface area contributed by atoms with E-state index in [2.05, 4.69) is 10.4 Å². The van der Waals surface area contributed by atoms with Gasteiger partial charge in [-0.15, -0.1) is 0 Å². The number of aliphatic hydroxyl groups excluding tert-OH is 1. The summed E-state index contributed by atoms with van der Waals surface area (Å²) in [4.78, 5) is 28.8. The van der Waals surface area contributed by atoms with E-state index < -0.39 is 23.8 Å². The van der Waals surface area contributed by atoms with Crippen LogP contribution in [0.4, 0.5) is 19.3 Å². The average molecular weight is 468 g/mol. The molecule has 11 heteroatoms. The Morgan fingerprint density at radius 1 is 1.34 bits per heavy atom. The highest BCUT2D eigenvalue weighted by molar-refractivity contribution is 6.31. The summed E-state index contributed by atoms with van der Waals surface area (Å²) >= 11 is 5.70. The number of amides is 3. The first-order valence-corrected chi connectivity index (χ1v) is 10.8. The highest BCUT2D eigenvalue weighted by Gasteiger charge is 2.36. The lowest BCUT2D eigenvalue weighted by Gasteiger charge is -2.28. The Bertz CT molecular complexity index is 1080. The van der Waals surface area contributed by atoms with Gasteiger partial charge in [-0.1, -0.05) is 18.5 Å².